The normalized spacial score (nSPS) is 14.6. The number of rotatable bonds is 3. The van der Waals surface area contributed by atoms with Crippen LogP contribution in [0.4, 0.5) is 0 Å². The van der Waals surface area contributed by atoms with E-state index in [0.717, 1.165) is 36.9 Å². The Bertz CT molecular complexity index is 861. The summed E-state index contributed by atoms with van der Waals surface area (Å²) >= 11 is 6.14. The zero-order chi connectivity index (χ0) is 16.6. The zero-order valence-corrected chi connectivity index (χ0v) is 13.5. The third-order valence-corrected chi connectivity index (χ3v) is 4.47. The SMILES string of the molecule is CC(=Cc1cc(-n2[nH]c3c(c2=O)CCCC3)ccc1Cl)C(=O)O. The van der Waals surface area contributed by atoms with Crippen LogP contribution >= 0.6 is 11.6 Å². The number of aromatic nitrogens is 2. The molecule has 1 aliphatic carbocycles. The van der Waals surface area contributed by atoms with E-state index < -0.39 is 5.97 Å². The van der Waals surface area contributed by atoms with E-state index >= 15 is 0 Å². The average Bonchev–Trinajstić information content (AvgIpc) is 2.87. The van der Waals surface area contributed by atoms with Crippen LogP contribution in [0.5, 0.6) is 0 Å². The molecule has 0 saturated heterocycles. The maximum absolute atomic E-state index is 12.5. The molecular weight excluding hydrogens is 316 g/mol. The number of benzene rings is 1. The van der Waals surface area contributed by atoms with Crippen molar-refractivity contribution in [1.82, 2.24) is 9.78 Å². The summed E-state index contributed by atoms with van der Waals surface area (Å²) in [6.45, 7) is 1.50. The van der Waals surface area contributed by atoms with E-state index in [4.69, 9.17) is 16.7 Å². The molecule has 0 unspecified atom stereocenters. The van der Waals surface area contributed by atoms with Crippen LogP contribution in [0, 0.1) is 0 Å². The van der Waals surface area contributed by atoms with Gasteiger partial charge in [-0.3, -0.25) is 9.89 Å². The number of aryl methyl sites for hydroxylation is 1. The van der Waals surface area contributed by atoms with Crippen LogP contribution in [-0.2, 0) is 17.6 Å². The van der Waals surface area contributed by atoms with Gasteiger partial charge in [-0.25, -0.2) is 9.48 Å². The van der Waals surface area contributed by atoms with E-state index in [1.165, 1.54) is 17.7 Å². The van der Waals surface area contributed by atoms with Gasteiger partial charge >= 0.3 is 5.97 Å². The third-order valence-electron chi connectivity index (χ3n) is 4.12. The third kappa shape index (κ3) is 2.97. The van der Waals surface area contributed by atoms with Gasteiger partial charge < -0.3 is 5.11 Å². The number of nitrogens with one attached hydrogen (secondary N) is 1. The van der Waals surface area contributed by atoms with Gasteiger partial charge in [-0.05, 0) is 62.4 Å². The summed E-state index contributed by atoms with van der Waals surface area (Å²) < 4.78 is 1.51. The molecule has 1 aliphatic rings. The second-order valence-electron chi connectivity index (χ2n) is 5.75. The van der Waals surface area contributed by atoms with Crippen molar-refractivity contribution in [2.24, 2.45) is 0 Å². The van der Waals surface area contributed by atoms with Crippen molar-refractivity contribution in [3.8, 4) is 5.69 Å². The van der Waals surface area contributed by atoms with Gasteiger partial charge in [0.05, 0.1) is 5.69 Å². The monoisotopic (exact) mass is 332 g/mol. The van der Waals surface area contributed by atoms with Crippen LogP contribution in [0.1, 0.15) is 36.6 Å². The lowest BCUT2D eigenvalue weighted by atomic mass is 9.98. The summed E-state index contributed by atoms with van der Waals surface area (Å²) in [6, 6.07) is 5.14. The molecule has 3 rings (SSSR count). The lowest BCUT2D eigenvalue weighted by Crippen LogP contribution is -2.18. The fourth-order valence-corrected chi connectivity index (χ4v) is 3.02. The van der Waals surface area contributed by atoms with Crippen molar-refractivity contribution in [3.63, 3.8) is 0 Å². The van der Waals surface area contributed by atoms with Gasteiger partial charge in [0.25, 0.3) is 5.56 Å². The first-order valence-corrected chi connectivity index (χ1v) is 7.89. The molecule has 2 N–H and O–H groups in total. The maximum Gasteiger partial charge on any atom is 0.331 e. The lowest BCUT2D eigenvalue weighted by Gasteiger charge is -2.07. The quantitative estimate of drug-likeness (QED) is 0.848. The summed E-state index contributed by atoms with van der Waals surface area (Å²) in [6.07, 6.45) is 5.31. The second kappa shape index (κ2) is 6.08. The highest BCUT2D eigenvalue weighted by molar-refractivity contribution is 6.32. The van der Waals surface area contributed by atoms with E-state index in [-0.39, 0.29) is 11.1 Å². The Labute approximate surface area is 138 Å². The van der Waals surface area contributed by atoms with Gasteiger partial charge in [-0.15, -0.1) is 0 Å². The van der Waals surface area contributed by atoms with Crippen LogP contribution in [0.2, 0.25) is 5.02 Å². The molecule has 1 aromatic heterocycles. The van der Waals surface area contributed by atoms with Crippen molar-refractivity contribution in [3.05, 3.63) is 56.0 Å². The second-order valence-corrected chi connectivity index (χ2v) is 6.16. The number of carboxylic acid groups (broad SMARTS) is 1. The van der Waals surface area contributed by atoms with E-state index in [0.29, 0.717) is 16.3 Å². The first-order chi connectivity index (χ1) is 11.0. The number of aliphatic carboxylic acids is 1. The van der Waals surface area contributed by atoms with Gasteiger partial charge in [-0.1, -0.05) is 11.6 Å². The van der Waals surface area contributed by atoms with E-state index in [1.807, 2.05) is 0 Å². The molecule has 120 valence electrons. The molecule has 0 fully saturated rings. The molecule has 0 amide bonds. The molecule has 23 heavy (non-hydrogen) atoms. The zero-order valence-electron chi connectivity index (χ0n) is 12.7. The average molecular weight is 333 g/mol. The minimum Gasteiger partial charge on any atom is -0.478 e. The molecule has 6 heteroatoms. The largest absolute Gasteiger partial charge is 0.478 e. The minimum atomic E-state index is -1.00. The van der Waals surface area contributed by atoms with Crippen LogP contribution in [0.25, 0.3) is 11.8 Å². The highest BCUT2D eigenvalue weighted by atomic mass is 35.5. The summed E-state index contributed by atoms with van der Waals surface area (Å²) in [7, 11) is 0. The Morgan fingerprint density at radius 1 is 1.35 bits per heavy atom. The Balaban J connectivity index is 2.08. The summed E-state index contributed by atoms with van der Waals surface area (Å²) in [5.41, 5.74) is 3.22. The van der Waals surface area contributed by atoms with Crippen molar-refractivity contribution in [2.45, 2.75) is 32.6 Å². The number of fused-ring (bicyclic) bond motifs is 1. The highest BCUT2D eigenvalue weighted by Gasteiger charge is 2.18. The van der Waals surface area contributed by atoms with Gasteiger partial charge in [0.1, 0.15) is 0 Å². The Hall–Kier alpha value is -2.27. The molecule has 0 aliphatic heterocycles. The van der Waals surface area contributed by atoms with Crippen LogP contribution in [0.15, 0.2) is 28.6 Å². The maximum atomic E-state index is 12.5. The smallest absolute Gasteiger partial charge is 0.331 e. The predicted octanol–water partition coefficient (Wildman–Crippen LogP) is 3.19. The Kier molecular flexibility index (Phi) is 4.13. The standard InChI is InChI=1S/C17H17ClN2O3/c1-10(17(22)23)8-11-9-12(6-7-14(11)18)20-16(21)13-4-2-3-5-15(13)19-20/h6-9,19H,2-5H2,1H3,(H,22,23). The summed E-state index contributed by atoms with van der Waals surface area (Å²) in [5, 5.41) is 12.6. The first kappa shape index (κ1) is 15.6. The summed E-state index contributed by atoms with van der Waals surface area (Å²) in [5.74, 6) is -1.00. The number of halogens is 1. The molecule has 1 aromatic carbocycles. The predicted molar refractivity (Wildman–Crippen MR) is 89.3 cm³/mol. The van der Waals surface area contributed by atoms with Gasteiger partial charge in [0, 0.05) is 21.9 Å². The number of carboxylic acids is 1. The Morgan fingerprint density at radius 2 is 2.09 bits per heavy atom. The fourth-order valence-electron chi connectivity index (χ4n) is 2.84. The fraction of sp³-hybridized carbons (Fsp3) is 0.294. The number of nitrogens with zero attached hydrogens (tertiary/aromatic N) is 1. The molecule has 5 nitrogen and oxygen atoms in total. The van der Waals surface area contributed by atoms with Crippen LogP contribution < -0.4 is 5.56 Å². The molecular formula is C17H17ClN2O3. The van der Waals surface area contributed by atoms with Crippen molar-refractivity contribution < 1.29 is 9.90 Å². The molecule has 0 radical (unpaired) electrons. The van der Waals surface area contributed by atoms with Gasteiger partial charge in [0.2, 0.25) is 0 Å². The van der Waals surface area contributed by atoms with Crippen LogP contribution in [0.3, 0.4) is 0 Å². The highest BCUT2D eigenvalue weighted by Crippen LogP contribution is 2.23. The van der Waals surface area contributed by atoms with E-state index in [1.54, 1.807) is 18.2 Å². The Morgan fingerprint density at radius 3 is 2.78 bits per heavy atom. The number of H-pyrrole nitrogens is 1. The molecule has 0 atom stereocenters. The van der Waals surface area contributed by atoms with Gasteiger partial charge in [0.15, 0.2) is 0 Å². The molecule has 0 spiro atoms. The first-order valence-electron chi connectivity index (χ1n) is 7.51. The minimum absolute atomic E-state index is 0.0353. The molecule has 0 bridgehead atoms. The summed E-state index contributed by atoms with van der Waals surface area (Å²) in [4.78, 5) is 23.5. The van der Waals surface area contributed by atoms with Crippen molar-refractivity contribution in [1.29, 1.82) is 0 Å². The molecule has 2 aromatic rings. The number of hydrogen-bond donors (Lipinski definition) is 2. The van der Waals surface area contributed by atoms with Crippen LogP contribution in [-0.4, -0.2) is 20.9 Å². The van der Waals surface area contributed by atoms with Crippen molar-refractivity contribution in [2.75, 3.05) is 0 Å². The topological polar surface area (TPSA) is 75.1 Å². The molecule has 1 heterocycles. The van der Waals surface area contributed by atoms with Gasteiger partial charge in [-0.2, -0.15) is 0 Å². The lowest BCUT2D eigenvalue weighted by molar-refractivity contribution is -0.132. The number of hydrogen-bond acceptors (Lipinski definition) is 2. The molecule has 0 saturated carbocycles. The van der Waals surface area contributed by atoms with Crippen molar-refractivity contribution >= 4 is 23.6 Å². The van der Waals surface area contributed by atoms with E-state index in [2.05, 4.69) is 5.10 Å². The van der Waals surface area contributed by atoms with E-state index in [9.17, 15) is 9.59 Å². The number of carbonyl (C=O) groups is 1. The number of aromatic amines is 1.